The number of ether oxygens (including phenoxy) is 1. The number of thiazole rings is 1. The van der Waals surface area contributed by atoms with Crippen LogP contribution in [0.1, 0.15) is 34.4 Å². The third-order valence-electron chi connectivity index (χ3n) is 7.98. The molecule has 2 saturated heterocycles. The maximum absolute atomic E-state index is 12.7. The zero-order valence-corrected chi connectivity index (χ0v) is 27.4. The number of likely N-dealkylation sites (tertiary alicyclic amines) is 1. The van der Waals surface area contributed by atoms with Crippen LogP contribution in [0.15, 0.2) is 51.7 Å². The van der Waals surface area contributed by atoms with Gasteiger partial charge in [-0.25, -0.2) is 9.78 Å². The average molecular weight is 692 g/mol. The molecule has 0 radical (unpaired) electrons. The van der Waals surface area contributed by atoms with Gasteiger partial charge in [0, 0.05) is 66.7 Å². The number of halogens is 3. The summed E-state index contributed by atoms with van der Waals surface area (Å²) >= 11 is 3.35. The SMILES string of the molecule is Cc1onc(-c2cccc(NCCN3CCOCC3)c2)c1-c1csc(C2CCN(C(=O)Cc3cccs3)CC2)n1.O=C(O)C(F)(F)F. The van der Waals surface area contributed by atoms with Gasteiger partial charge >= 0.3 is 12.1 Å². The zero-order valence-electron chi connectivity index (χ0n) is 25.8. The highest BCUT2D eigenvalue weighted by atomic mass is 32.1. The monoisotopic (exact) mass is 691 g/mol. The molecule has 5 heterocycles. The Morgan fingerprint density at radius 2 is 1.83 bits per heavy atom. The van der Waals surface area contributed by atoms with Crippen LogP contribution in [0.3, 0.4) is 0 Å². The molecule has 0 unspecified atom stereocenters. The second kappa shape index (κ2) is 15.9. The van der Waals surface area contributed by atoms with Crippen LogP contribution in [0.4, 0.5) is 18.9 Å². The van der Waals surface area contributed by atoms with Crippen molar-refractivity contribution in [2.24, 2.45) is 0 Å². The summed E-state index contributed by atoms with van der Waals surface area (Å²) in [5.41, 5.74) is 4.76. The molecule has 2 N–H and O–H groups in total. The Morgan fingerprint density at radius 1 is 1.09 bits per heavy atom. The molecule has 0 spiro atoms. The van der Waals surface area contributed by atoms with E-state index < -0.39 is 12.1 Å². The number of nitrogens with one attached hydrogen (secondary N) is 1. The van der Waals surface area contributed by atoms with Crippen molar-refractivity contribution in [1.82, 2.24) is 19.9 Å². The largest absolute Gasteiger partial charge is 0.490 e. The van der Waals surface area contributed by atoms with Crippen molar-refractivity contribution in [3.8, 4) is 22.5 Å². The maximum Gasteiger partial charge on any atom is 0.490 e. The standard InChI is InChI=1S/C30H35N5O3S2.C2HF3O2/c1-21-28(29(33-38-21)23-4-2-5-24(18-23)31-9-12-34-13-15-37-16-14-34)26-20-40-30(32-26)22-7-10-35(11-8-22)27(36)19-25-6-3-17-39-25;3-2(4,5)1(6)7/h2-6,17-18,20,22,31H,7-16,19H2,1H3;(H,6,7). The number of nitrogens with zero attached hydrogens (tertiary/aromatic N) is 4. The molecule has 10 nitrogen and oxygen atoms in total. The Balaban J connectivity index is 0.000000559. The summed E-state index contributed by atoms with van der Waals surface area (Å²) in [4.78, 5) is 32.2. The Hall–Kier alpha value is -3.79. The van der Waals surface area contributed by atoms with E-state index in [9.17, 15) is 18.0 Å². The van der Waals surface area contributed by atoms with Crippen LogP contribution >= 0.6 is 22.7 Å². The fourth-order valence-corrected chi connectivity index (χ4v) is 7.15. The number of rotatable bonds is 9. The normalized spacial score (nSPS) is 16.0. The molecular weight excluding hydrogens is 656 g/mol. The molecule has 2 fully saturated rings. The van der Waals surface area contributed by atoms with Gasteiger partial charge in [0.15, 0.2) is 0 Å². The summed E-state index contributed by atoms with van der Waals surface area (Å²) in [7, 11) is 0. The van der Waals surface area contributed by atoms with Crippen LogP contribution in [-0.2, 0) is 20.7 Å². The van der Waals surface area contributed by atoms with Crippen LogP contribution in [-0.4, -0.2) is 95.6 Å². The van der Waals surface area contributed by atoms with Crippen molar-refractivity contribution in [2.45, 2.75) is 38.3 Å². The third kappa shape index (κ3) is 9.40. The van der Waals surface area contributed by atoms with E-state index in [1.54, 1.807) is 22.7 Å². The lowest BCUT2D eigenvalue weighted by Gasteiger charge is -2.31. The van der Waals surface area contributed by atoms with Gasteiger partial charge in [-0.15, -0.1) is 22.7 Å². The number of aryl methyl sites for hydroxylation is 1. The smallest absolute Gasteiger partial charge is 0.475 e. The van der Waals surface area contributed by atoms with Crippen LogP contribution in [0.25, 0.3) is 22.5 Å². The van der Waals surface area contributed by atoms with E-state index in [1.807, 2.05) is 29.3 Å². The second-order valence-electron chi connectivity index (χ2n) is 11.2. The number of hydrogen-bond donors (Lipinski definition) is 2. The first-order valence-corrected chi connectivity index (χ1v) is 17.0. The number of anilines is 1. The molecule has 0 saturated carbocycles. The van der Waals surface area contributed by atoms with Crippen molar-refractivity contribution in [3.63, 3.8) is 0 Å². The third-order valence-corrected chi connectivity index (χ3v) is 9.87. The predicted molar refractivity (Wildman–Crippen MR) is 174 cm³/mol. The van der Waals surface area contributed by atoms with Crippen molar-refractivity contribution in [2.75, 3.05) is 57.8 Å². The van der Waals surface area contributed by atoms with Crippen molar-refractivity contribution < 1.29 is 37.1 Å². The number of carbonyl (C=O) groups is 2. The molecule has 4 aromatic rings. The number of carbonyl (C=O) groups excluding carboxylic acids is 1. The molecule has 47 heavy (non-hydrogen) atoms. The summed E-state index contributed by atoms with van der Waals surface area (Å²) in [6.07, 6.45) is -2.70. The first-order chi connectivity index (χ1) is 22.6. The highest BCUT2D eigenvalue weighted by Gasteiger charge is 2.38. The maximum atomic E-state index is 12.7. The van der Waals surface area contributed by atoms with E-state index >= 15 is 0 Å². The summed E-state index contributed by atoms with van der Waals surface area (Å²) in [6.45, 7) is 9.00. The van der Waals surface area contributed by atoms with Gasteiger partial charge in [-0.05, 0) is 43.3 Å². The van der Waals surface area contributed by atoms with Gasteiger partial charge in [0.25, 0.3) is 0 Å². The molecular formula is C32H36F3N5O5S2. The highest BCUT2D eigenvalue weighted by molar-refractivity contribution is 7.10. The molecule has 2 aliphatic heterocycles. The molecule has 1 aromatic carbocycles. The molecule has 15 heteroatoms. The van der Waals surface area contributed by atoms with Crippen molar-refractivity contribution in [1.29, 1.82) is 0 Å². The van der Waals surface area contributed by atoms with E-state index in [4.69, 9.17) is 24.1 Å². The molecule has 2 aliphatic rings. The van der Waals surface area contributed by atoms with Gasteiger partial charge < -0.3 is 24.6 Å². The number of piperidine rings is 1. The first-order valence-electron chi connectivity index (χ1n) is 15.2. The predicted octanol–water partition coefficient (Wildman–Crippen LogP) is 6.16. The first kappa shape index (κ1) is 34.5. The fourth-order valence-electron chi connectivity index (χ4n) is 5.47. The van der Waals surface area contributed by atoms with Crippen LogP contribution in [0.2, 0.25) is 0 Å². The van der Waals surface area contributed by atoms with E-state index in [-0.39, 0.29) is 5.91 Å². The summed E-state index contributed by atoms with van der Waals surface area (Å²) in [5, 5.41) is 20.4. The van der Waals surface area contributed by atoms with Gasteiger partial charge in [0.2, 0.25) is 5.91 Å². The Labute approximate surface area is 278 Å². The number of carboxylic acid groups (broad SMARTS) is 1. The number of morpholine rings is 1. The summed E-state index contributed by atoms with van der Waals surface area (Å²) in [5.74, 6) is -1.39. The zero-order chi connectivity index (χ0) is 33.4. The van der Waals surface area contributed by atoms with Crippen molar-refractivity contribution >= 4 is 40.2 Å². The molecule has 1 amide bonds. The van der Waals surface area contributed by atoms with E-state index in [2.05, 4.69) is 45.0 Å². The topological polar surface area (TPSA) is 121 Å². The van der Waals surface area contributed by atoms with Crippen LogP contribution in [0.5, 0.6) is 0 Å². The lowest BCUT2D eigenvalue weighted by Crippen LogP contribution is -2.38. The van der Waals surface area contributed by atoms with E-state index in [0.29, 0.717) is 12.3 Å². The van der Waals surface area contributed by atoms with Crippen LogP contribution < -0.4 is 5.32 Å². The van der Waals surface area contributed by atoms with Crippen molar-refractivity contribution in [3.05, 3.63) is 62.8 Å². The quantitative estimate of drug-likeness (QED) is 0.213. The minimum atomic E-state index is -5.08. The lowest BCUT2D eigenvalue weighted by atomic mass is 9.97. The lowest BCUT2D eigenvalue weighted by molar-refractivity contribution is -0.192. The van der Waals surface area contributed by atoms with Gasteiger partial charge in [-0.3, -0.25) is 9.69 Å². The van der Waals surface area contributed by atoms with Gasteiger partial charge in [-0.2, -0.15) is 13.2 Å². The highest BCUT2D eigenvalue weighted by Crippen LogP contribution is 2.38. The van der Waals surface area contributed by atoms with Gasteiger partial charge in [0.1, 0.15) is 11.5 Å². The van der Waals surface area contributed by atoms with E-state index in [0.717, 1.165) is 109 Å². The number of hydrogen-bond acceptors (Lipinski definition) is 10. The Morgan fingerprint density at radius 3 is 2.51 bits per heavy atom. The number of aromatic nitrogens is 2. The molecule has 252 valence electrons. The number of thiophene rings is 1. The van der Waals surface area contributed by atoms with E-state index in [1.165, 1.54) is 0 Å². The number of benzene rings is 1. The van der Waals surface area contributed by atoms with Crippen LogP contribution in [0, 0.1) is 6.92 Å². The fraction of sp³-hybridized carbons (Fsp3) is 0.438. The molecule has 6 rings (SSSR count). The Bertz CT molecular complexity index is 1610. The molecule has 0 bridgehead atoms. The molecule has 3 aromatic heterocycles. The number of amides is 1. The number of aliphatic carboxylic acids is 1. The molecule has 0 aliphatic carbocycles. The Kier molecular flexibility index (Phi) is 11.7. The van der Waals surface area contributed by atoms with Gasteiger partial charge in [0.05, 0.1) is 35.9 Å². The number of alkyl halides is 3. The summed E-state index contributed by atoms with van der Waals surface area (Å²) < 4.78 is 42.9. The molecule has 0 atom stereocenters. The second-order valence-corrected chi connectivity index (χ2v) is 13.1. The average Bonchev–Trinajstić information content (AvgIpc) is 3.83. The minimum absolute atomic E-state index is 0.225. The summed E-state index contributed by atoms with van der Waals surface area (Å²) in [6, 6.07) is 12.4. The number of carboxylic acids is 1. The van der Waals surface area contributed by atoms with Gasteiger partial charge in [-0.1, -0.05) is 23.4 Å². The minimum Gasteiger partial charge on any atom is -0.475 e.